The van der Waals surface area contributed by atoms with Crippen LogP contribution >= 0.6 is 0 Å². The molecule has 1 heterocycles. The highest BCUT2D eigenvalue weighted by Gasteiger charge is 2.18. The Hall–Kier alpha value is -1.55. The first-order valence-corrected chi connectivity index (χ1v) is 8.96. The molecule has 0 radical (unpaired) electrons. The fourth-order valence-electron chi connectivity index (χ4n) is 2.95. The topological polar surface area (TPSA) is 65.1 Å². The number of nitrogens with one attached hydrogen (secondary N) is 2. The van der Waals surface area contributed by atoms with Gasteiger partial charge in [-0.1, -0.05) is 51.7 Å². The molecule has 130 valence electrons. The highest BCUT2D eigenvalue weighted by molar-refractivity contribution is 5.78. The molecule has 0 saturated carbocycles. The van der Waals surface area contributed by atoms with Gasteiger partial charge in [-0.25, -0.2) is 0 Å². The fourth-order valence-corrected chi connectivity index (χ4v) is 2.95. The molecule has 1 fully saturated rings. The van der Waals surface area contributed by atoms with E-state index in [9.17, 15) is 0 Å². The zero-order valence-corrected chi connectivity index (χ0v) is 15.0. The van der Waals surface area contributed by atoms with Crippen molar-refractivity contribution in [3.8, 4) is 0 Å². The lowest BCUT2D eigenvalue weighted by Gasteiger charge is -2.23. The second-order valence-electron chi connectivity index (χ2n) is 6.17. The van der Waals surface area contributed by atoms with Crippen molar-refractivity contribution >= 4 is 6.21 Å². The van der Waals surface area contributed by atoms with Crippen LogP contribution in [0.3, 0.4) is 0 Å². The summed E-state index contributed by atoms with van der Waals surface area (Å²) in [5.41, 5.74) is 9.80. The second-order valence-corrected chi connectivity index (χ2v) is 6.17. The van der Waals surface area contributed by atoms with Crippen LogP contribution in [0.1, 0.15) is 58.8 Å². The van der Waals surface area contributed by atoms with Crippen LogP contribution in [0, 0.1) is 5.41 Å². The molecule has 0 spiro atoms. The minimum absolute atomic E-state index is 0.720. The number of unbranched alkanes of at least 4 members (excludes halogenated alkanes) is 5. The number of hydrogen-bond acceptors (Lipinski definition) is 4. The van der Waals surface area contributed by atoms with E-state index in [1.165, 1.54) is 38.3 Å². The molecule has 0 amide bonds. The summed E-state index contributed by atoms with van der Waals surface area (Å²) in [6.45, 7) is 11.1. The van der Waals surface area contributed by atoms with Crippen molar-refractivity contribution in [2.45, 2.75) is 58.8 Å². The monoisotopic (exact) mass is 318 g/mol. The molecule has 1 saturated heterocycles. The van der Waals surface area contributed by atoms with Crippen molar-refractivity contribution < 1.29 is 0 Å². The van der Waals surface area contributed by atoms with E-state index in [-0.39, 0.29) is 0 Å². The molecule has 1 aliphatic rings. The van der Waals surface area contributed by atoms with Gasteiger partial charge in [-0.3, -0.25) is 5.32 Å². The lowest BCUT2D eigenvalue weighted by atomic mass is 9.95. The third-order valence-corrected chi connectivity index (χ3v) is 4.45. The summed E-state index contributed by atoms with van der Waals surface area (Å²) in [5.74, 6) is 0. The van der Waals surface area contributed by atoms with Gasteiger partial charge in [-0.05, 0) is 30.9 Å². The molecule has 23 heavy (non-hydrogen) atoms. The van der Waals surface area contributed by atoms with E-state index in [0.717, 1.165) is 55.1 Å². The molecule has 0 aliphatic carbocycles. The van der Waals surface area contributed by atoms with Crippen LogP contribution in [0.5, 0.6) is 0 Å². The predicted octanol–water partition coefficient (Wildman–Crippen LogP) is 3.92. The van der Waals surface area contributed by atoms with E-state index in [2.05, 4.69) is 23.7 Å². The largest absolute Gasteiger partial charge is 0.399 e. The van der Waals surface area contributed by atoms with E-state index in [1.807, 2.05) is 13.0 Å². The quantitative estimate of drug-likeness (QED) is 0.307. The van der Waals surface area contributed by atoms with Gasteiger partial charge >= 0.3 is 0 Å². The van der Waals surface area contributed by atoms with Crippen molar-refractivity contribution in [2.75, 3.05) is 19.8 Å². The van der Waals surface area contributed by atoms with Gasteiger partial charge in [-0.2, -0.15) is 0 Å². The second kappa shape index (κ2) is 11.1. The molecular weight excluding hydrogens is 284 g/mol. The molecule has 1 aliphatic heterocycles. The van der Waals surface area contributed by atoms with E-state index in [0.29, 0.717) is 0 Å². The Bertz CT molecular complexity index is 442. The van der Waals surface area contributed by atoms with Gasteiger partial charge in [0.2, 0.25) is 0 Å². The SMILES string of the molecule is C=C(/C(N)=C\C)/C(CCCCCCCC)=C(\C=N)N1CCNC1. The number of rotatable bonds is 11. The maximum absolute atomic E-state index is 7.86. The van der Waals surface area contributed by atoms with Crippen molar-refractivity contribution in [1.82, 2.24) is 10.2 Å². The van der Waals surface area contributed by atoms with Crippen molar-refractivity contribution in [3.63, 3.8) is 0 Å². The predicted molar refractivity (Wildman–Crippen MR) is 100 cm³/mol. The summed E-state index contributed by atoms with van der Waals surface area (Å²) >= 11 is 0. The molecule has 4 heteroatoms. The molecule has 1 rings (SSSR count). The average Bonchev–Trinajstić information content (AvgIpc) is 3.09. The Morgan fingerprint density at radius 2 is 1.96 bits per heavy atom. The summed E-state index contributed by atoms with van der Waals surface area (Å²) in [6, 6.07) is 0. The molecule has 0 aromatic heterocycles. The standard InChI is InChI=1S/C19H34N4/c1-4-6-7-8-9-10-11-17(16(3)18(21)5-2)19(14-20)23-13-12-22-15-23/h5,14,20,22H,3-4,6-13,15,21H2,1-2H3/b18-5+,19-17+,20-14?. The molecular formula is C19H34N4. The first-order chi connectivity index (χ1) is 11.2. The summed E-state index contributed by atoms with van der Waals surface area (Å²) in [7, 11) is 0. The smallest absolute Gasteiger partial charge is 0.0683 e. The highest BCUT2D eigenvalue weighted by atomic mass is 15.3. The first-order valence-electron chi connectivity index (χ1n) is 8.96. The Morgan fingerprint density at radius 1 is 1.26 bits per heavy atom. The Balaban J connectivity index is 2.79. The summed E-state index contributed by atoms with van der Waals surface area (Å²) in [5, 5.41) is 11.2. The molecule has 0 aromatic rings. The van der Waals surface area contributed by atoms with Crippen LogP contribution < -0.4 is 11.1 Å². The molecule has 4 nitrogen and oxygen atoms in total. The van der Waals surface area contributed by atoms with Crippen LogP contribution in [-0.4, -0.2) is 30.9 Å². The van der Waals surface area contributed by atoms with Gasteiger partial charge < -0.3 is 16.0 Å². The molecule has 0 atom stereocenters. The van der Waals surface area contributed by atoms with E-state index < -0.39 is 0 Å². The van der Waals surface area contributed by atoms with Gasteiger partial charge in [-0.15, -0.1) is 0 Å². The first kappa shape index (κ1) is 19.5. The van der Waals surface area contributed by atoms with Crippen molar-refractivity contribution in [3.05, 3.63) is 35.2 Å². The summed E-state index contributed by atoms with van der Waals surface area (Å²) in [4.78, 5) is 2.22. The Morgan fingerprint density at radius 3 is 2.52 bits per heavy atom. The van der Waals surface area contributed by atoms with E-state index in [1.54, 1.807) is 0 Å². The summed E-state index contributed by atoms with van der Waals surface area (Å²) < 4.78 is 0. The van der Waals surface area contributed by atoms with Crippen LogP contribution in [0.25, 0.3) is 0 Å². The van der Waals surface area contributed by atoms with E-state index in [4.69, 9.17) is 11.1 Å². The zero-order valence-electron chi connectivity index (χ0n) is 15.0. The normalized spacial score (nSPS) is 16.4. The van der Waals surface area contributed by atoms with Gasteiger partial charge in [0.25, 0.3) is 0 Å². The van der Waals surface area contributed by atoms with Gasteiger partial charge in [0, 0.05) is 25.0 Å². The lowest BCUT2D eigenvalue weighted by molar-refractivity contribution is 0.437. The number of allylic oxidation sites excluding steroid dienone is 3. The fraction of sp³-hybridized carbons (Fsp3) is 0.632. The number of hydrogen-bond donors (Lipinski definition) is 3. The van der Waals surface area contributed by atoms with Crippen molar-refractivity contribution in [1.29, 1.82) is 5.41 Å². The van der Waals surface area contributed by atoms with Gasteiger partial charge in [0.15, 0.2) is 0 Å². The van der Waals surface area contributed by atoms with Gasteiger partial charge in [0.05, 0.1) is 12.4 Å². The van der Waals surface area contributed by atoms with Crippen LogP contribution in [0.15, 0.2) is 35.2 Å². The molecule has 0 aromatic carbocycles. The Kier molecular flexibility index (Phi) is 9.37. The molecule has 0 unspecified atom stereocenters. The zero-order chi connectivity index (χ0) is 17.1. The van der Waals surface area contributed by atoms with Crippen LogP contribution in [0.4, 0.5) is 0 Å². The highest BCUT2D eigenvalue weighted by Crippen LogP contribution is 2.26. The molecule has 4 N–H and O–H groups in total. The van der Waals surface area contributed by atoms with Crippen molar-refractivity contribution in [2.24, 2.45) is 5.73 Å². The van der Waals surface area contributed by atoms with Gasteiger partial charge in [0.1, 0.15) is 0 Å². The molecule has 0 bridgehead atoms. The minimum Gasteiger partial charge on any atom is -0.399 e. The minimum atomic E-state index is 0.720. The third kappa shape index (κ3) is 6.22. The maximum atomic E-state index is 7.86. The van der Waals surface area contributed by atoms with Crippen LogP contribution in [-0.2, 0) is 0 Å². The number of nitrogens with two attached hydrogens (primary N) is 1. The summed E-state index contributed by atoms with van der Waals surface area (Å²) in [6.07, 6.45) is 11.9. The lowest BCUT2D eigenvalue weighted by Crippen LogP contribution is -2.24. The third-order valence-electron chi connectivity index (χ3n) is 4.45. The maximum Gasteiger partial charge on any atom is 0.0683 e. The van der Waals surface area contributed by atoms with E-state index >= 15 is 0 Å². The van der Waals surface area contributed by atoms with Crippen LogP contribution in [0.2, 0.25) is 0 Å². The average molecular weight is 319 g/mol. The number of nitrogens with zero attached hydrogens (tertiary/aromatic N) is 1. The Labute approximate surface area is 142 Å².